The standard InChI is InChI=1S/C11H11Cl/c1-4-8(2)11-9(3)6-5-7-10(11)12/h1,5-8H,2-3H3. The average molecular weight is 179 g/mol. The van der Waals surface area contributed by atoms with E-state index in [0.29, 0.717) is 0 Å². The van der Waals surface area contributed by atoms with Crippen molar-refractivity contribution in [2.24, 2.45) is 0 Å². The van der Waals surface area contributed by atoms with Gasteiger partial charge < -0.3 is 0 Å². The molecule has 1 heteroatoms. The van der Waals surface area contributed by atoms with E-state index in [4.69, 9.17) is 18.0 Å². The van der Waals surface area contributed by atoms with Crippen LogP contribution in [0.3, 0.4) is 0 Å². The van der Waals surface area contributed by atoms with Crippen LogP contribution in [0.1, 0.15) is 24.0 Å². The van der Waals surface area contributed by atoms with E-state index in [1.54, 1.807) is 0 Å². The molecule has 0 saturated carbocycles. The smallest absolute Gasteiger partial charge is 0.0453 e. The maximum Gasteiger partial charge on any atom is 0.0453 e. The van der Waals surface area contributed by atoms with E-state index in [2.05, 4.69) is 5.92 Å². The van der Waals surface area contributed by atoms with Gasteiger partial charge in [-0.25, -0.2) is 0 Å². The molecule has 1 aromatic rings. The SMILES string of the molecule is C#CC(C)c1c(C)cccc1Cl. The van der Waals surface area contributed by atoms with Crippen LogP contribution >= 0.6 is 11.6 Å². The van der Waals surface area contributed by atoms with Gasteiger partial charge in [0, 0.05) is 10.9 Å². The first-order valence-corrected chi connectivity index (χ1v) is 4.25. The van der Waals surface area contributed by atoms with Crippen molar-refractivity contribution in [1.82, 2.24) is 0 Å². The first-order chi connectivity index (χ1) is 5.66. The second-order valence-corrected chi connectivity index (χ2v) is 3.27. The predicted molar refractivity (Wildman–Crippen MR) is 53.4 cm³/mol. The number of hydrogen-bond acceptors (Lipinski definition) is 0. The van der Waals surface area contributed by atoms with Crippen LogP contribution in [0.2, 0.25) is 5.02 Å². The molecule has 0 fully saturated rings. The number of halogens is 1. The third kappa shape index (κ3) is 1.62. The van der Waals surface area contributed by atoms with Gasteiger partial charge in [-0.3, -0.25) is 0 Å². The summed E-state index contributed by atoms with van der Waals surface area (Å²) in [4.78, 5) is 0. The van der Waals surface area contributed by atoms with E-state index in [1.807, 2.05) is 32.0 Å². The van der Waals surface area contributed by atoms with Crippen molar-refractivity contribution >= 4 is 11.6 Å². The molecule has 1 atom stereocenters. The Morgan fingerprint density at radius 3 is 2.67 bits per heavy atom. The van der Waals surface area contributed by atoms with Crippen molar-refractivity contribution in [3.05, 3.63) is 34.3 Å². The van der Waals surface area contributed by atoms with E-state index in [-0.39, 0.29) is 5.92 Å². The Kier molecular flexibility index (Phi) is 2.78. The maximum atomic E-state index is 6.01. The molecule has 62 valence electrons. The Balaban J connectivity index is 3.23. The maximum absolute atomic E-state index is 6.01. The third-order valence-corrected chi connectivity index (χ3v) is 2.28. The van der Waals surface area contributed by atoms with E-state index in [9.17, 15) is 0 Å². The lowest BCUT2D eigenvalue weighted by Crippen LogP contribution is -1.94. The molecule has 0 aliphatic heterocycles. The van der Waals surface area contributed by atoms with Gasteiger partial charge >= 0.3 is 0 Å². The van der Waals surface area contributed by atoms with E-state index < -0.39 is 0 Å². The van der Waals surface area contributed by atoms with Crippen LogP contribution in [0.5, 0.6) is 0 Å². The van der Waals surface area contributed by atoms with Gasteiger partial charge in [0.1, 0.15) is 0 Å². The summed E-state index contributed by atoms with van der Waals surface area (Å²) in [6, 6.07) is 5.83. The van der Waals surface area contributed by atoms with Gasteiger partial charge in [0.05, 0.1) is 0 Å². The van der Waals surface area contributed by atoms with Crippen LogP contribution in [0.4, 0.5) is 0 Å². The minimum absolute atomic E-state index is 0.0960. The van der Waals surface area contributed by atoms with Gasteiger partial charge in [-0.2, -0.15) is 0 Å². The fourth-order valence-electron chi connectivity index (χ4n) is 1.28. The lowest BCUT2D eigenvalue weighted by Gasteiger charge is -2.10. The largest absolute Gasteiger partial charge is 0.119 e. The van der Waals surface area contributed by atoms with Crippen molar-refractivity contribution in [3.63, 3.8) is 0 Å². The highest BCUT2D eigenvalue weighted by molar-refractivity contribution is 6.31. The summed E-state index contributed by atoms with van der Waals surface area (Å²) >= 11 is 6.01. The zero-order valence-electron chi connectivity index (χ0n) is 7.26. The molecule has 0 amide bonds. The molecule has 0 radical (unpaired) electrons. The van der Waals surface area contributed by atoms with Crippen molar-refractivity contribution in [2.45, 2.75) is 19.8 Å². The fourth-order valence-corrected chi connectivity index (χ4v) is 1.66. The van der Waals surface area contributed by atoms with Gasteiger partial charge in [0.25, 0.3) is 0 Å². The summed E-state index contributed by atoms with van der Waals surface area (Å²) in [6.07, 6.45) is 5.33. The Morgan fingerprint density at radius 2 is 2.17 bits per heavy atom. The van der Waals surface area contributed by atoms with Gasteiger partial charge in [-0.1, -0.05) is 29.7 Å². The summed E-state index contributed by atoms with van der Waals surface area (Å²) in [5, 5.41) is 0.764. The second kappa shape index (κ2) is 3.65. The summed E-state index contributed by atoms with van der Waals surface area (Å²) < 4.78 is 0. The fraction of sp³-hybridized carbons (Fsp3) is 0.273. The normalized spacial score (nSPS) is 12.2. The molecule has 0 saturated heterocycles. The summed E-state index contributed by atoms with van der Waals surface area (Å²) in [5.74, 6) is 2.77. The van der Waals surface area contributed by atoms with Gasteiger partial charge in [-0.15, -0.1) is 6.42 Å². The van der Waals surface area contributed by atoms with Crippen molar-refractivity contribution in [1.29, 1.82) is 0 Å². The quantitative estimate of drug-likeness (QED) is 0.579. The zero-order chi connectivity index (χ0) is 9.14. The van der Waals surface area contributed by atoms with Crippen LogP contribution in [0.15, 0.2) is 18.2 Å². The lowest BCUT2D eigenvalue weighted by atomic mass is 9.97. The Morgan fingerprint density at radius 1 is 1.50 bits per heavy atom. The molecule has 1 rings (SSSR count). The monoisotopic (exact) mass is 178 g/mol. The number of aryl methyl sites for hydroxylation is 1. The second-order valence-electron chi connectivity index (χ2n) is 2.86. The van der Waals surface area contributed by atoms with Gasteiger partial charge in [-0.05, 0) is 31.0 Å². The van der Waals surface area contributed by atoms with Crippen LogP contribution < -0.4 is 0 Å². The highest BCUT2D eigenvalue weighted by Gasteiger charge is 2.08. The van der Waals surface area contributed by atoms with Crippen LogP contribution in [-0.2, 0) is 0 Å². The molecule has 0 spiro atoms. The minimum Gasteiger partial charge on any atom is -0.119 e. The minimum atomic E-state index is 0.0960. The topological polar surface area (TPSA) is 0 Å². The molecule has 0 aliphatic carbocycles. The lowest BCUT2D eigenvalue weighted by molar-refractivity contribution is 0.988. The van der Waals surface area contributed by atoms with Crippen LogP contribution in [0, 0.1) is 19.3 Å². The first kappa shape index (κ1) is 9.16. The van der Waals surface area contributed by atoms with Crippen molar-refractivity contribution in [2.75, 3.05) is 0 Å². The molecule has 0 nitrogen and oxygen atoms in total. The van der Waals surface area contributed by atoms with Crippen molar-refractivity contribution < 1.29 is 0 Å². The Hall–Kier alpha value is -0.930. The molecular weight excluding hydrogens is 168 g/mol. The summed E-state index contributed by atoms with van der Waals surface area (Å²) in [5.41, 5.74) is 2.23. The van der Waals surface area contributed by atoms with E-state index >= 15 is 0 Å². The first-order valence-electron chi connectivity index (χ1n) is 3.88. The number of benzene rings is 1. The molecule has 1 aromatic carbocycles. The Labute approximate surface area is 78.6 Å². The number of rotatable bonds is 1. The predicted octanol–water partition coefficient (Wildman–Crippen LogP) is 3.39. The summed E-state index contributed by atoms with van der Waals surface area (Å²) in [6.45, 7) is 4.00. The van der Waals surface area contributed by atoms with E-state index in [1.165, 1.54) is 0 Å². The molecule has 12 heavy (non-hydrogen) atoms. The molecule has 0 aliphatic rings. The van der Waals surface area contributed by atoms with Gasteiger partial charge in [0.15, 0.2) is 0 Å². The zero-order valence-corrected chi connectivity index (χ0v) is 8.02. The molecule has 0 bridgehead atoms. The number of terminal acetylenes is 1. The summed E-state index contributed by atoms with van der Waals surface area (Å²) in [7, 11) is 0. The Bertz CT molecular complexity index is 300. The van der Waals surface area contributed by atoms with Crippen LogP contribution in [0.25, 0.3) is 0 Å². The van der Waals surface area contributed by atoms with Gasteiger partial charge in [0.2, 0.25) is 0 Å². The molecule has 0 aromatic heterocycles. The molecule has 0 heterocycles. The third-order valence-electron chi connectivity index (χ3n) is 1.95. The average Bonchev–Trinajstić information content (AvgIpc) is 2.03. The molecular formula is C11H11Cl. The molecule has 1 unspecified atom stereocenters. The van der Waals surface area contributed by atoms with Crippen LogP contribution in [-0.4, -0.2) is 0 Å². The highest BCUT2D eigenvalue weighted by Crippen LogP contribution is 2.26. The van der Waals surface area contributed by atoms with E-state index in [0.717, 1.165) is 16.1 Å². The highest BCUT2D eigenvalue weighted by atomic mass is 35.5. The molecule has 0 N–H and O–H groups in total. The number of hydrogen-bond donors (Lipinski definition) is 0. The van der Waals surface area contributed by atoms with Crippen molar-refractivity contribution in [3.8, 4) is 12.3 Å².